The van der Waals surface area contributed by atoms with Gasteiger partial charge in [0.1, 0.15) is 5.75 Å². The first-order valence-corrected chi connectivity index (χ1v) is 8.72. The summed E-state index contributed by atoms with van der Waals surface area (Å²) in [6.07, 6.45) is 2.38. The highest BCUT2D eigenvalue weighted by atomic mass is 127. The van der Waals surface area contributed by atoms with Crippen LogP contribution < -0.4 is 15.4 Å². The number of hydrogen-bond acceptors (Lipinski definition) is 3. The number of hydrogen-bond donors (Lipinski definition) is 2. The zero-order chi connectivity index (χ0) is 18.9. The third kappa shape index (κ3) is 7.47. The molecule has 0 saturated carbocycles. The molecule has 1 heterocycles. The van der Waals surface area contributed by atoms with Crippen LogP contribution in [0.2, 0.25) is 0 Å². The Balaban J connectivity index is 0.00000364. The Labute approximate surface area is 175 Å². The average Bonchev–Trinajstić information content (AvgIpc) is 2.64. The van der Waals surface area contributed by atoms with E-state index in [1.807, 2.05) is 0 Å². The number of ether oxygens (including phenoxy) is 1. The average molecular weight is 496 g/mol. The third-order valence-electron chi connectivity index (χ3n) is 4.50. The van der Waals surface area contributed by atoms with Crippen LogP contribution in [0.5, 0.6) is 5.75 Å². The minimum absolute atomic E-state index is 0. The van der Waals surface area contributed by atoms with Gasteiger partial charge in [0.25, 0.3) is 0 Å². The molecule has 0 radical (unpaired) electrons. The first-order chi connectivity index (χ1) is 12.5. The van der Waals surface area contributed by atoms with Crippen molar-refractivity contribution >= 4 is 35.8 Å². The van der Waals surface area contributed by atoms with E-state index in [1.54, 1.807) is 32.3 Å². The summed E-state index contributed by atoms with van der Waals surface area (Å²) in [5, 5.41) is 5.87. The van der Waals surface area contributed by atoms with Crippen molar-refractivity contribution in [3.8, 4) is 5.75 Å². The topological polar surface area (TPSA) is 66.0 Å². The summed E-state index contributed by atoms with van der Waals surface area (Å²) in [6, 6.07) is 6.71. The second-order valence-electron chi connectivity index (χ2n) is 6.19. The Kier molecular flexibility index (Phi) is 10.3. The maximum absolute atomic E-state index is 12.5. The molecule has 9 heteroatoms. The molecule has 1 aliphatic heterocycles. The number of carbonyl (C=O) groups is 1. The van der Waals surface area contributed by atoms with Crippen LogP contribution >= 0.6 is 24.0 Å². The number of alkyl halides is 2. The quantitative estimate of drug-likeness (QED) is 0.361. The van der Waals surface area contributed by atoms with Crippen molar-refractivity contribution in [1.82, 2.24) is 15.5 Å². The second kappa shape index (κ2) is 11.9. The van der Waals surface area contributed by atoms with Crippen LogP contribution in [0.3, 0.4) is 0 Å². The number of carbonyl (C=O) groups excluding carboxylic acids is 1. The molecule has 1 amide bonds. The fraction of sp³-hybridized carbons (Fsp3) is 0.556. The highest BCUT2D eigenvalue weighted by Gasteiger charge is 2.23. The first-order valence-electron chi connectivity index (χ1n) is 8.72. The summed E-state index contributed by atoms with van der Waals surface area (Å²) < 4.78 is 29.6. The molecule has 0 atom stereocenters. The van der Waals surface area contributed by atoms with Gasteiger partial charge in [0, 0.05) is 45.7 Å². The third-order valence-corrected chi connectivity index (χ3v) is 4.50. The summed E-state index contributed by atoms with van der Waals surface area (Å²) >= 11 is 0. The Bertz CT molecular complexity index is 623. The Hall–Kier alpha value is -1.65. The maximum Gasteiger partial charge on any atom is 0.387 e. The normalized spacial score (nSPS) is 15.3. The van der Waals surface area contributed by atoms with Crippen molar-refractivity contribution in [1.29, 1.82) is 0 Å². The summed E-state index contributed by atoms with van der Waals surface area (Å²) in [6.45, 7) is -0.907. The summed E-state index contributed by atoms with van der Waals surface area (Å²) in [5.74, 6) is 1.33. The maximum atomic E-state index is 12.5. The molecule has 1 fully saturated rings. The van der Waals surface area contributed by atoms with Crippen LogP contribution in [0.1, 0.15) is 24.8 Å². The number of rotatable bonds is 6. The van der Waals surface area contributed by atoms with Crippen molar-refractivity contribution in [3.05, 3.63) is 29.8 Å². The number of nitrogens with zero attached hydrogens (tertiary/aromatic N) is 2. The van der Waals surface area contributed by atoms with Crippen LogP contribution in [-0.2, 0) is 11.3 Å². The predicted molar refractivity (Wildman–Crippen MR) is 112 cm³/mol. The molecule has 1 aliphatic rings. The SMILES string of the molecule is CN=C(NCc1ccccc1OC(F)F)N1CCC(CC(=O)NC)CC1.I. The van der Waals surface area contributed by atoms with E-state index in [9.17, 15) is 13.6 Å². The molecule has 0 aromatic heterocycles. The van der Waals surface area contributed by atoms with Gasteiger partial charge in [0.2, 0.25) is 5.91 Å². The van der Waals surface area contributed by atoms with E-state index in [2.05, 4.69) is 25.3 Å². The number of piperidine rings is 1. The monoisotopic (exact) mass is 496 g/mol. The lowest BCUT2D eigenvalue weighted by molar-refractivity contribution is -0.121. The molecule has 1 aromatic carbocycles. The number of aliphatic imine (C=N–C) groups is 1. The molecule has 2 rings (SSSR count). The molecule has 0 unspecified atom stereocenters. The van der Waals surface area contributed by atoms with Crippen LogP contribution in [-0.4, -0.2) is 50.6 Å². The van der Waals surface area contributed by atoms with Crippen molar-refractivity contribution in [2.24, 2.45) is 10.9 Å². The van der Waals surface area contributed by atoms with Gasteiger partial charge < -0.3 is 20.3 Å². The van der Waals surface area contributed by atoms with Gasteiger partial charge in [-0.2, -0.15) is 8.78 Å². The van der Waals surface area contributed by atoms with E-state index >= 15 is 0 Å². The number of guanidine groups is 1. The fourth-order valence-electron chi connectivity index (χ4n) is 3.08. The van der Waals surface area contributed by atoms with Gasteiger partial charge in [0.05, 0.1) is 0 Å². The van der Waals surface area contributed by atoms with E-state index in [0.29, 0.717) is 24.4 Å². The van der Waals surface area contributed by atoms with Gasteiger partial charge in [-0.25, -0.2) is 0 Å². The lowest BCUT2D eigenvalue weighted by Gasteiger charge is -2.34. The summed E-state index contributed by atoms with van der Waals surface area (Å²) in [7, 11) is 3.35. The Morgan fingerprint density at radius 3 is 2.59 bits per heavy atom. The Morgan fingerprint density at radius 2 is 2.00 bits per heavy atom. The number of para-hydroxylation sites is 1. The highest BCUT2D eigenvalue weighted by molar-refractivity contribution is 14.0. The molecular formula is C18H27F2IN4O2. The zero-order valence-corrected chi connectivity index (χ0v) is 17.9. The minimum atomic E-state index is -2.85. The number of halogens is 3. The van der Waals surface area contributed by atoms with Gasteiger partial charge in [-0.1, -0.05) is 18.2 Å². The smallest absolute Gasteiger partial charge is 0.387 e. The number of benzene rings is 1. The van der Waals surface area contributed by atoms with Crippen molar-refractivity contribution < 1.29 is 18.3 Å². The molecule has 0 aliphatic carbocycles. The molecule has 152 valence electrons. The highest BCUT2D eigenvalue weighted by Crippen LogP contribution is 2.22. The van der Waals surface area contributed by atoms with Gasteiger partial charge in [-0.3, -0.25) is 9.79 Å². The summed E-state index contributed by atoms with van der Waals surface area (Å²) in [4.78, 5) is 17.9. The van der Waals surface area contributed by atoms with E-state index in [-0.39, 0.29) is 35.6 Å². The second-order valence-corrected chi connectivity index (χ2v) is 6.19. The molecule has 27 heavy (non-hydrogen) atoms. The van der Waals surface area contributed by atoms with Crippen LogP contribution in [0, 0.1) is 5.92 Å². The zero-order valence-electron chi connectivity index (χ0n) is 15.6. The van der Waals surface area contributed by atoms with Crippen LogP contribution in [0.15, 0.2) is 29.3 Å². The molecule has 1 aromatic rings. The lowest BCUT2D eigenvalue weighted by atomic mass is 9.93. The van der Waals surface area contributed by atoms with E-state index in [4.69, 9.17) is 0 Å². The first kappa shape index (κ1) is 23.4. The minimum Gasteiger partial charge on any atom is -0.434 e. The van der Waals surface area contributed by atoms with Crippen molar-refractivity contribution in [2.75, 3.05) is 27.2 Å². The molecule has 6 nitrogen and oxygen atoms in total. The number of nitrogens with one attached hydrogen (secondary N) is 2. The van der Waals surface area contributed by atoms with Gasteiger partial charge >= 0.3 is 6.61 Å². The Morgan fingerprint density at radius 1 is 1.33 bits per heavy atom. The standard InChI is InChI=1S/C18H26F2N4O2.HI/c1-21-16(25)11-13-7-9-24(10-8-13)18(22-2)23-12-14-5-3-4-6-15(14)26-17(19)20;/h3-6,13,17H,7-12H2,1-2H3,(H,21,25)(H,22,23);1H. The van der Waals surface area contributed by atoms with Crippen LogP contribution in [0.4, 0.5) is 8.78 Å². The molecule has 1 saturated heterocycles. The van der Waals surface area contributed by atoms with Crippen molar-refractivity contribution in [3.63, 3.8) is 0 Å². The van der Waals surface area contributed by atoms with Crippen LogP contribution in [0.25, 0.3) is 0 Å². The molecule has 2 N–H and O–H groups in total. The van der Waals surface area contributed by atoms with Crippen molar-refractivity contribution in [2.45, 2.75) is 32.4 Å². The molecular weight excluding hydrogens is 469 g/mol. The van der Waals surface area contributed by atoms with E-state index in [1.165, 1.54) is 6.07 Å². The lowest BCUT2D eigenvalue weighted by Crippen LogP contribution is -2.45. The van der Waals surface area contributed by atoms with Gasteiger partial charge in [0.15, 0.2) is 5.96 Å². The largest absolute Gasteiger partial charge is 0.434 e. The predicted octanol–water partition coefficient (Wildman–Crippen LogP) is 2.83. The molecule has 0 spiro atoms. The molecule has 0 bridgehead atoms. The fourth-order valence-corrected chi connectivity index (χ4v) is 3.08. The van der Waals surface area contributed by atoms with E-state index < -0.39 is 6.61 Å². The summed E-state index contributed by atoms with van der Waals surface area (Å²) in [5.41, 5.74) is 0.642. The van der Waals surface area contributed by atoms with Gasteiger partial charge in [-0.15, -0.1) is 24.0 Å². The number of amides is 1. The van der Waals surface area contributed by atoms with E-state index in [0.717, 1.165) is 31.9 Å². The van der Waals surface area contributed by atoms with Gasteiger partial charge in [-0.05, 0) is 24.8 Å². The number of likely N-dealkylation sites (tertiary alicyclic amines) is 1.